The van der Waals surface area contributed by atoms with Gasteiger partial charge in [0.1, 0.15) is 0 Å². The van der Waals surface area contributed by atoms with E-state index in [0.29, 0.717) is 12.5 Å². The van der Waals surface area contributed by atoms with Crippen LogP contribution >= 0.6 is 24.0 Å². The molecule has 7 heteroatoms. The summed E-state index contributed by atoms with van der Waals surface area (Å²) in [6.07, 6.45) is 6.80. The average Bonchev–Trinajstić information content (AvgIpc) is 3.32. The van der Waals surface area contributed by atoms with Gasteiger partial charge in [-0.15, -0.1) is 24.0 Å². The van der Waals surface area contributed by atoms with Gasteiger partial charge in [0.25, 0.3) is 0 Å². The zero-order valence-electron chi connectivity index (χ0n) is 16.2. The molecule has 148 valence electrons. The summed E-state index contributed by atoms with van der Waals surface area (Å²) < 4.78 is 7.37. The fourth-order valence-corrected chi connectivity index (χ4v) is 3.33. The first kappa shape index (κ1) is 21.7. The summed E-state index contributed by atoms with van der Waals surface area (Å²) in [6, 6.07) is 8.67. The molecule has 0 radical (unpaired) electrons. The van der Waals surface area contributed by atoms with Crippen molar-refractivity contribution in [1.82, 2.24) is 19.8 Å². The zero-order chi connectivity index (χ0) is 18.2. The number of hydrogen-bond donors (Lipinski definition) is 1. The maximum atomic E-state index is 5.30. The SMILES string of the molecule is CCNC(=NCc1ccc(Cn2ccnc2)cc1)N1CCC(COC)C1.I. The number of nitrogens with one attached hydrogen (secondary N) is 1. The molecular weight excluding hydrogens is 453 g/mol. The fraction of sp³-hybridized carbons (Fsp3) is 0.500. The van der Waals surface area contributed by atoms with Gasteiger partial charge >= 0.3 is 0 Å². The first-order valence-corrected chi connectivity index (χ1v) is 9.34. The van der Waals surface area contributed by atoms with E-state index in [1.165, 1.54) is 17.5 Å². The van der Waals surface area contributed by atoms with E-state index < -0.39 is 0 Å². The van der Waals surface area contributed by atoms with Crippen LogP contribution < -0.4 is 5.32 Å². The third-order valence-electron chi connectivity index (χ3n) is 4.68. The number of aliphatic imine (C=N–C) groups is 1. The summed E-state index contributed by atoms with van der Waals surface area (Å²) in [6.45, 7) is 7.43. The van der Waals surface area contributed by atoms with Crippen LogP contribution in [0.5, 0.6) is 0 Å². The molecule has 1 aliphatic heterocycles. The number of ether oxygens (including phenoxy) is 1. The number of guanidine groups is 1. The van der Waals surface area contributed by atoms with E-state index in [2.05, 4.69) is 51.0 Å². The van der Waals surface area contributed by atoms with Crippen LogP contribution in [0.1, 0.15) is 24.5 Å². The van der Waals surface area contributed by atoms with Gasteiger partial charge in [-0.3, -0.25) is 0 Å². The maximum absolute atomic E-state index is 5.30. The number of nitrogens with zero attached hydrogens (tertiary/aromatic N) is 4. The highest BCUT2D eigenvalue weighted by atomic mass is 127. The number of aromatic nitrogens is 2. The van der Waals surface area contributed by atoms with Crippen LogP contribution in [-0.4, -0.2) is 53.8 Å². The van der Waals surface area contributed by atoms with Crippen LogP contribution in [0.3, 0.4) is 0 Å². The molecule has 2 aromatic rings. The number of methoxy groups -OCH3 is 1. The fourth-order valence-electron chi connectivity index (χ4n) is 3.33. The van der Waals surface area contributed by atoms with Crippen molar-refractivity contribution >= 4 is 29.9 Å². The minimum Gasteiger partial charge on any atom is -0.384 e. The Morgan fingerprint density at radius 1 is 1.30 bits per heavy atom. The molecule has 1 aromatic heterocycles. The van der Waals surface area contributed by atoms with Gasteiger partial charge in [-0.05, 0) is 24.5 Å². The van der Waals surface area contributed by atoms with Crippen LogP contribution in [-0.2, 0) is 17.8 Å². The van der Waals surface area contributed by atoms with Crippen LogP contribution in [0, 0.1) is 5.92 Å². The number of likely N-dealkylation sites (tertiary alicyclic amines) is 1. The minimum atomic E-state index is 0. The lowest BCUT2D eigenvalue weighted by Gasteiger charge is -2.21. The van der Waals surface area contributed by atoms with E-state index in [0.717, 1.165) is 38.7 Å². The van der Waals surface area contributed by atoms with E-state index in [4.69, 9.17) is 9.73 Å². The van der Waals surface area contributed by atoms with Crippen molar-refractivity contribution in [3.05, 3.63) is 54.1 Å². The first-order valence-electron chi connectivity index (χ1n) is 9.34. The van der Waals surface area contributed by atoms with E-state index in [-0.39, 0.29) is 24.0 Å². The Labute approximate surface area is 179 Å². The molecule has 1 unspecified atom stereocenters. The van der Waals surface area contributed by atoms with Gasteiger partial charge < -0.3 is 19.5 Å². The Bertz CT molecular complexity index is 687. The molecule has 1 aliphatic rings. The lowest BCUT2D eigenvalue weighted by molar-refractivity contribution is 0.157. The second kappa shape index (κ2) is 11.3. The van der Waals surface area contributed by atoms with Crippen LogP contribution in [0.15, 0.2) is 48.0 Å². The topological polar surface area (TPSA) is 54.7 Å². The molecule has 1 saturated heterocycles. The molecule has 6 nitrogen and oxygen atoms in total. The highest BCUT2D eigenvalue weighted by molar-refractivity contribution is 14.0. The number of rotatable bonds is 7. The zero-order valence-corrected chi connectivity index (χ0v) is 18.5. The Kier molecular flexibility index (Phi) is 9.06. The normalized spacial score (nSPS) is 17.0. The van der Waals surface area contributed by atoms with E-state index >= 15 is 0 Å². The van der Waals surface area contributed by atoms with Crippen molar-refractivity contribution in [3.63, 3.8) is 0 Å². The van der Waals surface area contributed by atoms with E-state index in [1.54, 1.807) is 13.3 Å². The highest BCUT2D eigenvalue weighted by Crippen LogP contribution is 2.17. The molecule has 27 heavy (non-hydrogen) atoms. The second-order valence-corrected chi connectivity index (χ2v) is 6.78. The number of imidazole rings is 1. The third kappa shape index (κ3) is 6.49. The number of halogens is 1. The Hall–Kier alpha value is -1.61. The van der Waals surface area contributed by atoms with Gasteiger partial charge in [-0.2, -0.15) is 0 Å². The van der Waals surface area contributed by atoms with Crippen molar-refractivity contribution in [2.75, 3.05) is 33.4 Å². The molecule has 2 heterocycles. The summed E-state index contributed by atoms with van der Waals surface area (Å²) in [5.41, 5.74) is 2.49. The van der Waals surface area contributed by atoms with Crippen LogP contribution in [0.4, 0.5) is 0 Å². The first-order chi connectivity index (χ1) is 12.8. The lowest BCUT2D eigenvalue weighted by atomic mass is 10.1. The summed E-state index contributed by atoms with van der Waals surface area (Å²) >= 11 is 0. The van der Waals surface area contributed by atoms with E-state index in [1.807, 2.05) is 12.5 Å². The maximum Gasteiger partial charge on any atom is 0.194 e. The van der Waals surface area contributed by atoms with Gasteiger partial charge in [-0.1, -0.05) is 24.3 Å². The van der Waals surface area contributed by atoms with Crippen molar-refractivity contribution in [3.8, 4) is 0 Å². The predicted molar refractivity (Wildman–Crippen MR) is 120 cm³/mol. The molecule has 0 bridgehead atoms. The lowest BCUT2D eigenvalue weighted by Crippen LogP contribution is -2.40. The smallest absolute Gasteiger partial charge is 0.194 e. The standard InChI is InChI=1S/C20H29N5O.HI/c1-3-22-20(25-10-8-19(14-25)15-26-2)23-12-17-4-6-18(7-5-17)13-24-11-9-21-16-24;/h4-7,9,11,16,19H,3,8,10,12-15H2,1-2H3,(H,22,23);1H. The largest absolute Gasteiger partial charge is 0.384 e. The summed E-state index contributed by atoms with van der Waals surface area (Å²) in [5.74, 6) is 1.61. The van der Waals surface area contributed by atoms with Gasteiger partial charge in [0.2, 0.25) is 0 Å². The monoisotopic (exact) mass is 483 g/mol. The Morgan fingerprint density at radius 3 is 2.74 bits per heavy atom. The second-order valence-electron chi connectivity index (χ2n) is 6.78. The van der Waals surface area contributed by atoms with Crippen LogP contribution in [0.2, 0.25) is 0 Å². The quantitative estimate of drug-likeness (QED) is 0.374. The van der Waals surface area contributed by atoms with Gasteiger partial charge in [0.05, 0.1) is 19.5 Å². The molecule has 1 atom stereocenters. The molecule has 0 saturated carbocycles. The Balaban J connectivity index is 0.00000261. The molecular formula is C20H30IN5O. The number of hydrogen-bond acceptors (Lipinski definition) is 3. The predicted octanol–water partition coefficient (Wildman–Crippen LogP) is 2.98. The molecule has 3 rings (SSSR count). The van der Waals surface area contributed by atoms with Crippen molar-refractivity contribution in [2.45, 2.75) is 26.4 Å². The van der Waals surface area contributed by atoms with Gasteiger partial charge in [-0.25, -0.2) is 9.98 Å². The van der Waals surface area contributed by atoms with Crippen molar-refractivity contribution in [2.24, 2.45) is 10.9 Å². The van der Waals surface area contributed by atoms with Crippen molar-refractivity contribution < 1.29 is 4.74 Å². The van der Waals surface area contributed by atoms with Crippen molar-refractivity contribution in [1.29, 1.82) is 0 Å². The van der Waals surface area contributed by atoms with Crippen LogP contribution in [0.25, 0.3) is 0 Å². The molecule has 0 amide bonds. The van der Waals surface area contributed by atoms with Gasteiger partial charge in [0, 0.05) is 51.6 Å². The molecule has 1 N–H and O–H groups in total. The highest BCUT2D eigenvalue weighted by Gasteiger charge is 2.24. The molecule has 1 fully saturated rings. The molecule has 1 aromatic carbocycles. The molecule has 0 aliphatic carbocycles. The Morgan fingerprint density at radius 2 is 2.07 bits per heavy atom. The summed E-state index contributed by atoms with van der Waals surface area (Å²) in [7, 11) is 1.78. The summed E-state index contributed by atoms with van der Waals surface area (Å²) in [5, 5.41) is 3.42. The third-order valence-corrected chi connectivity index (χ3v) is 4.68. The number of benzene rings is 1. The minimum absolute atomic E-state index is 0. The van der Waals surface area contributed by atoms with Gasteiger partial charge in [0.15, 0.2) is 5.96 Å². The average molecular weight is 483 g/mol. The molecule has 0 spiro atoms. The van der Waals surface area contributed by atoms with E-state index in [9.17, 15) is 0 Å². The summed E-state index contributed by atoms with van der Waals surface area (Å²) in [4.78, 5) is 11.3.